The lowest BCUT2D eigenvalue weighted by molar-refractivity contribution is 0.377. The summed E-state index contributed by atoms with van der Waals surface area (Å²) >= 11 is 5.76. The van der Waals surface area contributed by atoms with E-state index in [2.05, 4.69) is 15.0 Å². The molecule has 18 heavy (non-hydrogen) atoms. The first kappa shape index (κ1) is 13.3. The molecule has 2 rings (SSSR count). The van der Waals surface area contributed by atoms with Gasteiger partial charge in [-0.1, -0.05) is 0 Å². The van der Waals surface area contributed by atoms with Crippen molar-refractivity contribution in [3.05, 3.63) is 5.28 Å². The maximum Gasteiger partial charge on any atom is 0.322 e. The number of methoxy groups -OCH3 is 1. The maximum absolute atomic E-state index is 11.5. The van der Waals surface area contributed by atoms with E-state index in [1.165, 1.54) is 7.11 Å². The van der Waals surface area contributed by atoms with Crippen molar-refractivity contribution in [1.82, 2.24) is 15.0 Å². The van der Waals surface area contributed by atoms with E-state index >= 15 is 0 Å². The van der Waals surface area contributed by atoms with Crippen LogP contribution in [0.1, 0.15) is 6.92 Å². The Kier molecular flexibility index (Phi) is 3.58. The molecule has 0 saturated carbocycles. The second-order valence-electron chi connectivity index (χ2n) is 4.05. The fourth-order valence-corrected chi connectivity index (χ4v) is 3.54. The topological polar surface area (TPSA) is 85.3 Å². The molecule has 0 bridgehead atoms. The molecule has 2 heterocycles. The summed E-state index contributed by atoms with van der Waals surface area (Å²) in [5, 5.41) is 0.0254. The number of hydrogen-bond acceptors (Lipinski definition) is 7. The largest absolute Gasteiger partial charge is 0.467 e. The monoisotopic (exact) mass is 292 g/mol. The number of nitrogens with zero attached hydrogens (tertiary/aromatic N) is 4. The van der Waals surface area contributed by atoms with Crippen LogP contribution in [0.3, 0.4) is 0 Å². The van der Waals surface area contributed by atoms with Crippen molar-refractivity contribution in [2.24, 2.45) is 0 Å². The van der Waals surface area contributed by atoms with Crippen LogP contribution in [-0.2, 0) is 9.84 Å². The average Bonchev–Trinajstić information content (AvgIpc) is 2.26. The molecule has 1 atom stereocenters. The SMILES string of the molecule is COc1nc(Cl)nc(N2CCS(=O)(=O)CC2C)n1. The third-order valence-electron chi connectivity index (χ3n) is 2.69. The molecule has 0 aromatic carbocycles. The molecule has 1 fully saturated rings. The third-order valence-corrected chi connectivity index (χ3v) is 4.65. The van der Waals surface area contributed by atoms with Gasteiger partial charge in [0.15, 0.2) is 9.84 Å². The van der Waals surface area contributed by atoms with E-state index in [0.717, 1.165) is 0 Å². The molecule has 9 heteroatoms. The summed E-state index contributed by atoms with van der Waals surface area (Å²) in [6.07, 6.45) is 0. The van der Waals surface area contributed by atoms with E-state index in [0.29, 0.717) is 12.5 Å². The first-order valence-electron chi connectivity index (χ1n) is 5.34. The molecule has 0 amide bonds. The van der Waals surface area contributed by atoms with Gasteiger partial charge in [0.25, 0.3) is 0 Å². The van der Waals surface area contributed by atoms with Crippen molar-refractivity contribution in [3.8, 4) is 6.01 Å². The van der Waals surface area contributed by atoms with E-state index in [9.17, 15) is 8.42 Å². The van der Waals surface area contributed by atoms with Gasteiger partial charge in [-0.05, 0) is 18.5 Å². The third kappa shape index (κ3) is 2.81. The van der Waals surface area contributed by atoms with Crippen LogP contribution in [-0.4, -0.2) is 54.6 Å². The fourth-order valence-electron chi connectivity index (χ4n) is 1.84. The van der Waals surface area contributed by atoms with Crippen molar-refractivity contribution in [2.45, 2.75) is 13.0 Å². The second kappa shape index (κ2) is 4.85. The lowest BCUT2D eigenvalue weighted by atomic mass is 10.3. The Morgan fingerprint density at radius 1 is 1.39 bits per heavy atom. The van der Waals surface area contributed by atoms with Gasteiger partial charge in [-0.2, -0.15) is 15.0 Å². The highest BCUT2D eigenvalue weighted by Crippen LogP contribution is 2.20. The normalized spacial score (nSPS) is 22.8. The summed E-state index contributed by atoms with van der Waals surface area (Å²) in [4.78, 5) is 13.6. The number of hydrogen-bond donors (Lipinski definition) is 0. The van der Waals surface area contributed by atoms with Gasteiger partial charge in [0.1, 0.15) is 0 Å². The van der Waals surface area contributed by atoms with Gasteiger partial charge in [0.2, 0.25) is 11.2 Å². The molecule has 1 aromatic heterocycles. The van der Waals surface area contributed by atoms with Crippen molar-refractivity contribution in [1.29, 1.82) is 0 Å². The van der Waals surface area contributed by atoms with E-state index in [1.54, 1.807) is 11.8 Å². The minimum Gasteiger partial charge on any atom is -0.467 e. The fraction of sp³-hybridized carbons (Fsp3) is 0.667. The zero-order valence-electron chi connectivity index (χ0n) is 10.00. The average molecular weight is 293 g/mol. The van der Waals surface area contributed by atoms with E-state index < -0.39 is 9.84 Å². The number of ether oxygens (including phenoxy) is 1. The number of halogens is 1. The minimum absolute atomic E-state index is 0.0254. The van der Waals surface area contributed by atoms with Gasteiger partial charge in [0.05, 0.1) is 18.6 Å². The molecule has 0 aliphatic carbocycles. The Hall–Kier alpha value is -1.15. The van der Waals surface area contributed by atoms with E-state index in [4.69, 9.17) is 16.3 Å². The Labute approximate surface area is 110 Å². The van der Waals surface area contributed by atoms with Crippen molar-refractivity contribution < 1.29 is 13.2 Å². The van der Waals surface area contributed by atoms with Crippen LogP contribution in [0.5, 0.6) is 6.01 Å². The van der Waals surface area contributed by atoms with Crippen LogP contribution < -0.4 is 9.64 Å². The Morgan fingerprint density at radius 3 is 2.72 bits per heavy atom. The van der Waals surface area contributed by atoms with Crippen LogP contribution in [0, 0.1) is 0 Å². The summed E-state index contributed by atoms with van der Waals surface area (Å²) < 4.78 is 27.9. The van der Waals surface area contributed by atoms with Crippen molar-refractivity contribution >= 4 is 27.4 Å². The molecule has 1 aromatic rings. The molecular formula is C9H13ClN4O3S. The van der Waals surface area contributed by atoms with Gasteiger partial charge in [-0.15, -0.1) is 0 Å². The summed E-state index contributed by atoms with van der Waals surface area (Å²) in [5.41, 5.74) is 0. The minimum atomic E-state index is -2.98. The highest BCUT2D eigenvalue weighted by Gasteiger charge is 2.30. The summed E-state index contributed by atoms with van der Waals surface area (Å²) in [7, 11) is -1.55. The van der Waals surface area contributed by atoms with Gasteiger partial charge < -0.3 is 9.64 Å². The van der Waals surface area contributed by atoms with Crippen LogP contribution >= 0.6 is 11.6 Å². The van der Waals surface area contributed by atoms with Gasteiger partial charge in [-0.25, -0.2) is 8.42 Å². The van der Waals surface area contributed by atoms with Crippen LogP contribution in [0.15, 0.2) is 0 Å². The van der Waals surface area contributed by atoms with Crippen LogP contribution in [0.2, 0.25) is 5.28 Å². The lowest BCUT2D eigenvalue weighted by Crippen LogP contribution is -2.47. The van der Waals surface area contributed by atoms with Gasteiger partial charge in [-0.3, -0.25) is 0 Å². The first-order chi connectivity index (χ1) is 8.41. The molecule has 1 aliphatic rings. The van der Waals surface area contributed by atoms with Crippen LogP contribution in [0.25, 0.3) is 0 Å². The molecule has 1 saturated heterocycles. The van der Waals surface area contributed by atoms with Gasteiger partial charge in [0, 0.05) is 12.6 Å². The molecule has 7 nitrogen and oxygen atoms in total. The highest BCUT2D eigenvalue weighted by atomic mass is 35.5. The summed E-state index contributed by atoms with van der Waals surface area (Å²) in [6.45, 7) is 2.15. The zero-order valence-corrected chi connectivity index (χ0v) is 11.6. The number of aromatic nitrogens is 3. The predicted molar refractivity (Wildman–Crippen MR) is 66.9 cm³/mol. The molecule has 0 spiro atoms. The quantitative estimate of drug-likeness (QED) is 0.767. The maximum atomic E-state index is 11.5. The molecule has 0 radical (unpaired) electrons. The molecular weight excluding hydrogens is 280 g/mol. The number of rotatable bonds is 2. The van der Waals surface area contributed by atoms with Crippen molar-refractivity contribution in [3.63, 3.8) is 0 Å². The summed E-state index contributed by atoms with van der Waals surface area (Å²) in [6, 6.07) is -0.0856. The first-order valence-corrected chi connectivity index (χ1v) is 7.54. The number of sulfone groups is 1. The Morgan fingerprint density at radius 2 is 2.11 bits per heavy atom. The Balaban J connectivity index is 2.29. The molecule has 100 valence electrons. The van der Waals surface area contributed by atoms with Crippen LogP contribution in [0.4, 0.5) is 5.95 Å². The number of anilines is 1. The second-order valence-corrected chi connectivity index (χ2v) is 6.61. The predicted octanol–water partition coefficient (Wildman–Crippen LogP) is 0.157. The zero-order chi connectivity index (χ0) is 13.3. The smallest absolute Gasteiger partial charge is 0.322 e. The lowest BCUT2D eigenvalue weighted by Gasteiger charge is -2.32. The van der Waals surface area contributed by atoms with E-state index in [1.807, 2.05) is 0 Å². The molecule has 1 aliphatic heterocycles. The summed E-state index contributed by atoms with van der Waals surface area (Å²) in [5.74, 6) is 0.510. The standard InChI is InChI=1S/C9H13ClN4O3S/c1-6-5-18(15,16)4-3-14(6)8-11-7(10)12-9(13-8)17-2/h6H,3-5H2,1-2H3. The highest BCUT2D eigenvalue weighted by molar-refractivity contribution is 7.91. The molecule has 0 N–H and O–H groups in total. The Bertz CT molecular complexity index is 551. The van der Waals surface area contributed by atoms with Gasteiger partial charge >= 0.3 is 6.01 Å². The molecule has 1 unspecified atom stereocenters. The van der Waals surface area contributed by atoms with Crippen molar-refractivity contribution in [2.75, 3.05) is 30.1 Å². The van der Waals surface area contributed by atoms with E-state index in [-0.39, 0.29) is 28.8 Å².